The van der Waals surface area contributed by atoms with Gasteiger partial charge in [-0.3, -0.25) is 14.5 Å². The van der Waals surface area contributed by atoms with E-state index in [1.54, 1.807) is 31.4 Å². The van der Waals surface area contributed by atoms with Crippen molar-refractivity contribution in [3.63, 3.8) is 0 Å². The van der Waals surface area contributed by atoms with Crippen molar-refractivity contribution in [1.29, 1.82) is 0 Å². The van der Waals surface area contributed by atoms with Gasteiger partial charge in [0.15, 0.2) is 0 Å². The highest BCUT2D eigenvalue weighted by Gasteiger charge is 2.38. The molecule has 1 heterocycles. The van der Waals surface area contributed by atoms with E-state index in [1.807, 2.05) is 38.1 Å². The number of methoxy groups -OCH3 is 2. The Kier molecular flexibility index (Phi) is 6.74. The average Bonchev–Trinajstić information content (AvgIpc) is 2.97. The standard InChI is InChI=1S/C23H26N2O5/c1-15(2)30-19-11-7-17(8-12-19)24-21-20(16-5-9-18(29-4)10-6-16)22(26)25(23(21)27)13-14-28-3/h5-12,15,24H,13-14H2,1-4H3. The Bertz CT molecular complexity index is 933. The van der Waals surface area contributed by atoms with Gasteiger partial charge in [-0.2, -0.15) is 0 Å². The number of carbonyl (C=O) groups is 2. The summed E-state index contributed by atoms with van der Waals surface area (Å²) in [5.74, 6) is 0.660. The van der Waals surface area contributed by atoms with E-state index in [-0.39, 0.29) is 36.8 Å². The van der Waals surface area contributed by atoms with E-state index in [0.717, 1.165) is 5.75 Å². The molecule has 1 aliphatic heterocycles. The van der Waals surface area contributed by atoms with Gasteiger partial charge in [-0.15, -0.1) is 0 Å². The molecule has 0 aliphatic carbocycles. The van der Waals surface area contributed by atoms with E-state index in [2.05, 4.69) is 5.32 Å². The summed E-state index contributed by atoms with van der Waals surface area (Å²) in [4.78, 5) is 27.3. The van der Waals surface area contributed by atoms with Crippen LogP contribution in [0, 0.1) is 0 Å². The van der Waals surface area contributed by atoms with Crippen molar-refractivity contribution in [3.05, 3.63) is 59.8 Å². The van der Waals surface area contributed by atoms with Crippen LogP contribution in [0.2, 0.25) is 0 Å². The first-order valence-corrected chi connectivity index (χ1v) is 9.72. The fourth-order valence-corrected chi connectivity index (χ4v) is 3.14. The summed E-state index contributed by atoms with van der Waals surface area (Å²) in [5, 5.41) is 3.13. The number of anilines is 1. The number of amides is 2. The molecule has 3 rings (SSSR count). The SMILES string of the molecule is COCCN1C(=O)C(Nc2ccc(OC(C)C)cc2)=C(c2ccc(OC)cc2)C1=O. The summed E-state index contributed by atoms with van der Waals surface area (Å²) in [6.45, 7) is 4.35. The Balaban J connectivity index is 1.94. The Morgan fingerprint density at radius 2 is 1.53 bits per heavy atom. The predicted octanol–water partition coefficient (Wildman–Crippen LogP) is 3.32. The van der Waals surface area contributed by atoms with Crippen LogP contribution in [0.3, 0.4) is 0 Å². The molecule has 0 saturated carbocycles. The second-order valence-corrected chi connectivity index (χ2v) is 7.05. The normalized spacial score (nSPS) is 14.0. The molecule has 0 radical (unpaired) electrons. The summed E-state index contributed by atoms with van der Waals surface area (Å²) in [6, 6.07) is 14.3. The molecule has 158 valence electrons. The fraction of sp³-hybridized carbons (Fsp3) is 0.304. The van der Waals surface area contributed by atoms with Crippen LogP contribution in [0.25, 0.3) is 5.57 Å². The zero-order valence-corrected chi connectivity index (χ0v) is 17.6. The van der Waals surface area contributed by atoms with Crippen molar-refractivity contribution in [2.45, 2.75) is 20.0 Å². The molecular weight excluding hydrogens is 384 g/mol. The first-order chi connectivity index (χ1) is 14.4. The number of imide groups is 1. The van der Waals surface area contributed by atoms with Gasteiger partial charge >= 0.3 is 0 Å². The zero-order chi connectivity index (χ0) is 21.7. The molecule has 7 heteroatoms. The number of benzene rings is 2. The first-order valence-electron chi connectivity index (χ1n) is 9.72. The number of carbonyl (C=O) groups excluding carboxylic acids is 2. The molecule has 0 spiro atoms. The summed E-state index contributed by atoms with van der Waals surface area (Å²) in [5.41, 5.74) is 1.87. The predicted molar refractivity (Wildman–Crippen MR) is 114 cm³/mol. The molecule has 0 saturated heterocycles. The summed E-state index contributed by atoms with van der Waals surface area (Å²) < 4.78 is 15.9. The van der Waals surface area contributed by atoms with E-state index in [1.165, 1.54) is 12.0 Å². The minimum atomic E-state index is -0.384. The van der Waals surface area contributed by atoms with Crippen molar-refractivity contribution in [2.24, 2.45) is 0 Å². The molecule has 2 aromatic carbocycles. The van der Waals surface area contributed by atoms with Crippen LogP contribution in [0.15, 0.2) is 54.2 Å². The van der Waals surface area contributed by atoms with E-state index in [0.29, 0.717) is 22.6 Å². The zero-order valence-electron chi connectivity index (χ0n) is 17.6. The van der Waals surface area contributed by atoms with Crippen LogP contribution in [-0.2, 0) is 14.3 Å². The van der Waals surface area contributed by atoms with Gasteiger partial charge in [0.1, 0.15) is 17.2 Å². The van der Waals surface area contributed by atoms with E-state index in [9.17, 15) is 9.59 Å². The highest BCUT2D eigenvalue weighted by atomic mass is 16.5. The molecule has 2 aromatic rings. The van der Waals surface area contributed by atoms with Gasteiger partial charge in [0, 0.05) is 12.8 Å². The van der Waals surface area contributed by atoms with Crippen molar-refractivity contribution >= 4 is 23.1 Å². The van der Waals surface area contributed by atoms with Gasteiger partial charge in [0.2, 0.25) is 0 Å². The Morgan fingerprint density at radius 1 is 0.900 bits per heavy atom. The minimum Gasteiger partial charge on any atom is -0.497 e. The second-order valence-electron chi connectivity index (χ2n) is 7.05. The maximum atomic E-state index is 13.1. The summed E-state index contributed by atoms with van der Waals surface area (Å²) in [6.07, 6.45) is 0.0663. The highest BCUT2D eigenvalue weighted by Crippen LogP contribution is 2.31. The molecule has 7 nitrogen and oxygen atoms in total. The van der Waals surface area contributed by atoms with Crippen LogP contribution in [-0.4, -0.2) is 50.2 Å². The molecule has 0 aromatic heterocycles. The average molecular weight is 410 g/mol. The minimum absolute atomic E-state index is 0.0663. The van der Waals surface area contributed by atoms with Crippen LogP contribution < -0.4 is 14.8 Å². The maximum absolute atomic E-state index is 13.1. The second kappa shape index (κ2) is 9.45. The van der Waals surface area contributed by atoms with Gasteiger partial charge in [0.25, 0.3) is 11.8 Å². The van der Waals surface area contributed by atoms with Crippen LogP contribution in [0.5, 0.6) is 11.5 Å². The van der Waals surface area contributed by atoms with E-state index >= 15 is 0 Å². The van der Waals surface area contributed by atoms with E-state index in [4.69, 9.17) is 14.2 Å². The first kappa shape index (κ1) is 21.4. The quantitative estimate of drug-likeness (QED) is 0.639. The summed E-state index contributed by atoms with van der Waals surface area (Å²) in [7, 11) is 3.10. The van der Waals surface area contributed by atoms with Crippen LogP contribution in [0.4, 0.5) is 5.69 Å². The molecule has 1 N–H and O–H groups in total. The lowest BCUT2D eigenvalue weighted by atomic mass is 10.0. The van der Waals surface area contributed by atoms with Crippen molar-refractivity contribution < 1.29 is 23.8 Å². The molecule has 0 bridgehead atoms. The van der Waals surface area contributed by atoms with Gasteiger partial charge in [0.05, 0.1) is 31.9 Å². The van der Waals surface area contributed by atoms with Gasteiger partial charge in [-0.25, -0.2) is 0 Å². The number of nitrogens with one attached hydrogen (secondary N) is 1. The summed E-state index contributed by atoms with van der Waals surface area (Å²) >= 11 is 0. The van der Waals surface area contributed by atoms with Crippen LogP contribution in [0.1, 0.15) is 19.4 Å². The van der Waals surface area contributed by atoms with Crippen LogP contribution >= 0.6 is 0 Å². The molecule has 1 aliphatic rings. The largest absolute Gasteiger partial charge is 0.497 e. The fourth-order valence-electron chi connectivity index (χ4n) is 3.14. The third kappa shape index (κ3) is 4.63. The smallest absolute Gasteiger partial charge is 0.278 e. The third-order valence-electron chi connectivity index (χ3n) is 4.56. The highest BCUT2D eigenvalue weighted by molar-refractivity contribution is 6.36. The number of ether oxygens (including phenoxy) is 3. The number of hydrogen-bond acceptors (Lipinski definition) is 6. The lowest BCUT2D eigenvalue weighted by Gasteiger charge is -2.14. The molecule has 0 unspecified atom stereocenters. The Hall–Kier alpha value is -3.32. The third-order valence-corrected chi connectivity index (χ3v) is 4.56. The molecule has 0 atom stereocenters. The van der Waals surface area contributed by atoms with Crippen molar-refractivity contribution in [1.82, 2.24) is 4.90 Å². The molecule has 0 fully saturated rings. The number of nitrogens with zero attached hydrogens (tertiary/aromatic N) is 1. The maximum Gasteiger partial charge on any atom is 0.278 e. The molecule has 2 amide bonds. The lowest BCUT2D eigenvalue weighted by Crippen LogP contribution is -2.35. The van der Waals surface area contributed by atoms with Crippen molar-refractivity contribution in [3.8, 4) is 11.5 Å². The molecular formula is C23H26N2O5. The topological polar surface area (TPSA) is 77.1 Å². The van der Waals surface area contributed by atoms with Gasteiger partial charge in [-0.1, -0.05) is 12.1 Å². The number of hydrogen-bond donors (Lipinski definition) is 1. The van der Waals surface area contributed by atoms with Gasteiger partial charge < -0.3 is 19.5 Å². The Labute approximate surface area is 176 Å². The van der Waals surface area contributed by atoms with Gasteiger partial charge in [-0.05, 0) is 55.8 Å². The Morgan fingerprint density at radius 3 is 2.10 bits per heavy atom. The number of rotatable bonds is 9. The van der Waals surface area contributed by atoms with E-state index < -0.39 is 0 Å². The monoisotopic (exact) mass is 410 g/mol. The molecule has 30 heavy (non-hydrogen) atoms. The van der Waals surface area contributed by atoms with Crippen molar-refractivity contribution in [2.75, 3.05) is 32.7 Å². The lowest BCUT2D eigenvalue weighted by molar-refractivity contribution is -0.137.